The maximum Gasteiger partial charge on any atom is 0.307 e. The fourth-order valence-electron chi connectivity index (χ4n) is 2.85. The summed E-state index contributed by atoms with van der Waals surface area (Å²) in [5.74, 6) is 0.770. The molecule has 2 aromatic rings. The van der Waals surface area contributed by atoms with Crippen molar-refractivity contribution in [2.75, 3.05) is 24.3 Å². The highest BCUT2D eigenvalue weighted by atomic mass is 32.2. The van der Waals surface area contributed by atoms with Crippen molar-refractivity contribution in [3.05, 3.63) is 53.6 Å². The summed E-state index contributed by atoms with van der Waals surface area (Å²) in [6, 6.07) is 13.5. The summed E-state index contributed by atoms with van der Waals surface area (Å²) in [6.07, 6.45) is 0.152. The molecule has 0 radical (unpaired) electrons. The van der Waals surface area contributed by atoms with Crippen LogP contribution in [0.4, 0.5) is 5.69 Å². The standard InChI is InChI=1S/C20H21NO4S/c1-14-7-8-17(24-2)15(11-14)12-25-20(23)9-10-21-16-5-3-4-6-18(16)26-13-19(21)22/h3-8,11H,9-10,12-13H2,1-2H3. The molecule has 2 aromatic carbocycles. The summed E-state index contributed by atoms with van der Waals surface area (Å²) in [6.45, 7) is 2.45. The van der Waals surface area contributed by atoms with E-state index >= 15 is 0 Å². The van der Waals surface area contributed by atoms with E-state index in [0.717, 1.165) is 21.7 Å². The molecule has 0 bridgehead atoms. The van der Waals surface area contributed by atoms with Gasteiger partial charge in [0, 0.05) is 17.0 Å². The van der Waals surface area contributed by atoms with Gasteiger partial charge in [-0.1, -0.05) is 23.8 Å². The average Bonchev–Trinajstić information content (AvgIpc) is 2.65. The van der Waals surface area contributed by atoms with Crippen molar-refractivity contribution in [2.24, 2.45) is 0 Å². The highest BCUT2D eigenvalue weighted by molar-refractivity contribution is 8.00. The molecular formula is C20H21NO4S. The van der Waals surface area contributed by atoms with Gasteiger partial charge in [-0.2, -0.15) is 0 Å². The monoisotopic (exact) mass is 371 g/mol. The van der Waals surface area contributed by atoms with Gasteiger partial charge in [0.2, 0.25) is 5.91 Å². The zero-order valence-corrected chi connectivity index (χ0v) is 15.7. The SMILES string of the molecule is COc1ccc(C)cc1COC(=O)CCN1C(=O)CSc2ccccc21. The molecule has 0 aromatic heterocycles. The highest BCUT2D eigenvalue weighted by Crippen LogP contribution is 2.34. The van der Waals surface area contributed by atoms with E-state index in [-0.39, 0.29) is 24.9 Å². The minimum atomic E-state index is -0.336. The lowest BCUT2D eigenvalue weighted by Crippen LogP contribution is -2.37. The summed E-state index contributed by atoms with van der Waals surface area (Å²) in [7, 11) is 1.59. The molecule has 1 aliphatic heterocycles. The second kappa shape index (κ2) is 8.27. The summed E-state index contributed by atoms with van der Waals surface area (Å²) < 4.78 is 10.7. The Balaban J connectivity index is 1.58. The Bertz CT molecular complexity index is 821. The number of ether oxygens (including phenoxy) is 2. The fraction of sp³-hybridized carbons (Fsp3) is 0.300. The van der Waals surface area contributed by atoms with E-state index in [1.807, 2.05) is 49.4 Å². The van der Waals surface area contributed by atoms with Crippen LogP contribution in [-0.2, 0) is 20.9 Å². The van der Waals surface area contributed by atoms with Gasteiger partial charge in [0.1, 0.15) is 12.4 Å². The summed E-state index contributed by atoms with van der Waals surface area (Å²) in [5, 5.41) is 0. The van der Waals surface area contributed by atoms with Crippen LogP contribution >= 0.6 is 11.8 Å². The molecule has 0 saturated heterocycles. The van der Waals surface area contributed by atoms with Gasteiger partial charge in [-0.05, 0) is 31.2 Å². The largest absolute Gasteiger partial charge is 0.496 e. The van der Waals surface area contributed by atoms with Gasteiger partial charge in [0.15, 0.2) is 0 Å². The number of carbonyl (C=O) groups excluding carboxylic acids is 2. The van der Waals surface area contributed by atoms with Gasteiger partial charge < -0.3 is 14.4 Å². The first-order valence-electron chi connectivity index (χ1n) is 8.40. The van der Waals surface area contributed by atoms with E-state index in [4.69, 9.17) is 9.47 Å². The van der Waals surface area contributed by atoms with Crippen LogP contribution in [0.1, 0.15) is 17.5 Å². The Labute approximate surface area is 157 Å². The molecule has 26 heavy (non-hydrogen) atoms. The van der Waals surface area contributed by atoms with Crippen molar-refractivity contribution in [2.45, 2.75) is 24.8 Å². The van der Waals surface area contributed by atoms with Crippen LogP contribution in [0.5, 0.6) is 5.75 Å². The number of amides is 1. The second-order valence-corrected chi connectivity index (χ2v) is 7.04. The third-order valence-electron chi connectivity index (χ3n) is 4.17. The van der Waals surface area contributed by atoms with Crippen molar-refractivity contribution in [3.63, 3.8) is 0 Å². The van der Waals surface area contributed by atoms with Crippen molar-refractivity contribution in [1.29, 1.82) is 0 Å². The van der Waals surface area contributed by atoms with Gasteiger partial charge in [0.25, 0.3) is 0 Å². The number of para-hydroxylation sites is 1. The van der Waals surface area contributed by atoms with Crippen LogP contribution in [0.2, 0.25) is 0 Å². The fourth-order valence-corrected chi connectivity index (χ4v) is 3.79. The number of nitrogens with zero attached hydrogens (tertiary/aromatic N) is 1. The van der Waals surface area contributed by atoms with Crippen LogP contribution in [0.25, 0.3) is 0 Å². The van der Waals surface area contributed by atoms with Gasteiger partial charge >= 0.3 is 5.97 Å². The molecule has 0 unspecified atom stereocenters. The van der Waals surface area contributed by atoms with Crippen LogP contribution in [-0.4, -0.2) is 31.3 Å². The minimum Gasteiger partial charge on any atom is -0.496 e. The molecule has 0 fully saturated rings. The normalized spacial score (nSPS) is 13.3. The lowest BCUT2D eigenvalue weighted by atomic mass is 10.1. The number of methoxy groups -OCH3 is 1. The highest BCUT2D eigenvalue weighted by Gasteiger charge is 2.24. The van der Waals surface area contributed by atoms with E-state index in [1.54, 1.807) is 12.0 Å². The van der Waals surface area contributed by atoms with E-state index in [0.29, 0.717) is 18.0 Å². The molecule has 1 heterocycles. The number of rotatable bonds is 6. The molecule has 5 nitrogen and oxygen atoms in total. The molecular weight excluding hydrogens is 350 g/mol. The average molecular weight is 371 g/mol. The maximum atomic E-state index is 12.2. The smallest absolute Gasteiger partial charge is 0.307 e. The molecule has 3 rings (SSSR count). The summed E-state index contributed by atoms with van der Waals surface area (Å²) >= 11 is 1.53. The molecule has 0 aliphatic carbocycles. The number of fused-ring (bicyclic) bond motifs is 1. The van der Waals surface area contributed by atoms with E-state index in [2.05, 4.69) is 0 Å². The number of carbonyl (C=O) groups is 2. The lowest BCUT2D eigenvalue weighted by Gasteiger charge is -2.28. The molecule has 1 aliphatic rings. The number of hydrogen-bond donors (Lipinski definition) is 0. The lowest BCUT2D eigenvalue weighted by molar-refractivity contribution is -0.144. The van der Waals surface area contributed by atoms with Crippen LogP contribution < -0.4 is 9.64 Å². The minimum absolute atomic E-state index is 0.0156. The Morgan fingerprint density at radius 2 is 2.04 bits per heavy atom. The molecule has 6 heteroatoms. The van der Waals surface area contributed by atoms with Crippen LogP contribution in [0, 0.1) is 6.92 Å². The first kappa shape index (κ1) is 18.3. The van der Waals surface area contributed by atoms with Gasteiger partial charge in [0.05, 0.1) is 25.0 Å². The van der Waals surface area contributed by atoms with Gasteiger partial charge in [-0.25, -0.2) is 0 Å². The molecule has 1 amide bonds. The molecule has 0 N–H and O–H groups in total. The quantitative estimate of drug-likeness (QED) is 0.727. The number of benzene rings is 2. The number of hydrogen-bond acceptors (Lipinski definition) is 5. The second-order valence-electron chi connectivity index (χ2n) is 6.03. The maximum absolute atomic E-state index is 12.2. The van der Waals surface area contributed by atoms with E-state index in [9.17, 15) is 9.59 Å². The molecule has 0 spiro atoms. The van der Waals surface area contributed by atoms with Crippen LogP contribution in [0.3, 0.4) is 0 Å². The van der Waals surface area contributed by atoms with Gasteiger partial charge in [-0.15, -0.1) is 11.8 Å². The Kier molecular flexibility index (Phi) is 5.83. The number of aryl methyl sites for hydroxylation is 1. The topological polar surface area (TPSA) is 55.8 Å². The van der Waals surface area contributed by atoms with Crippen molar-refractivity contribution in [1.82, 2.24) is 0 Å². The Hall–Kier alpha value is -2.47. The van der Waals surface area contributed by atoms with Crippen LogP contribution in [0.15, 0.2) is 47.4 Å². The summed E-state index contributed by atoms with van der Waals surface area (Å²) in [4.78, 5) is 27.1. The predicted molar refractivity (Wildman–Crippen MR) is 102 cm³/mol. The van der Waals surface area contributed by atoms with E-state index < -0.39 is 0 Å². The zero-order valence-electron chi connectivity index (χ0n) is 14.9. The third-order valence-corrected chi connectivity index (χ3v) is 5.22. The molecule has 136 valence electrons. The number of thioether (sulfide) groups is 1. The number of esters is 1. The zero-order chi connectivity index (χ0) is 18.5. The number of anilines is 1. The van der Waals surface area contributed by atoms with Crippen molar-refractivity contribution in [3.8, 4) is 5.75 Å². The first-order valence-corrected chi connectivity index (χ1v) is 9.38. The third kappa shape index (κ3) is 4.19. The Morgan fingerprint density at radius 3 is 2.85 bits per heavy atom. The Morgan fingerprint density at radius 1 is 1.23 bits per heavy atom. The first-order chi connectivity index (χ1) is 12.6. The summed E-state index contributed by atoms with van der Waals surface area (Å²) in [5.41, 5.74) is 2.77. The molecule has 0 atom stereocenters. The predicted octanol–water partition coefficient (Wildman–Crippen LogP) is 3.58. The van der Waals surface area contributed by atoms with Crippen molar-refractivity contribution >= 4 is 29.3 Å². The molecule has 0 saturated carbocycles. The van der Waals surface area contributed by atoms with Crippen molar-refractivity contribution < 1.29 is 19.1 Å². The van der Waals surface area contributed by atoms with Gasteiger partial charge in [-0.3, -0.25) is 9.59 Å². The van der Waals surface area contributed by atoms with E-state index in [1.165, 1.54) is 11.8 Å².